The van der Waals surface area contributed by atoms with E-state index in [1.807, 2.05) is 30.3 Å². The standard InChI is InChI=1S/C23H27N3O2/c1-18-6-5-9-20(14-18)16-24-10-12-25(13-11-24)21-15-22(27)26(23(21)28)17-19-7-3-2-4-8-19/h2-9,14,21H,10-13,15-17H2,1H3/p+2/t21-/m1/s1. The second kappa shape index (κ2) is 8.25. The van der Waals surface area contributed by atoms with Crippen molar-refractivity contribution in [3.63, 3.8) is 0 Å². The minimum Gasteiger partial charge on any atom is -0.322 e. The summed E-state index contributed by atoms with van der Waals surface area (Å²) in [6.45, 7) is 7.54. The highest BCUT2D eigenvalue weighted by Crippen LogP contribution is 2.15. The lowest BCUT2D eigenvalue weighted by Crippen LogP contribution is -3.29. The fourth-order valence-corrected chi connectivity index (χ4v) is 4.49. The molecule has 0 unspecified atom stereocenters. The van der Waals surface area contributed by atoms with Crippen molar-refractivity contribution in [1.82, 2.24) is 4.90 Å². The van der Waals surface area contributed by atoms with Crippen LogP contribution in [0.4, 0.5) is 0 Å². The number of benzene rings is 2. The molecule has 2 fully saturated rings. The van der Waals surface area contributed by atoms with Gasteiger partial charge in [0.25, 0.3) is 5.91 Å². The number of likely N-dealkylation sites (tertiary alicyclic amines) is 1. The number of hydrogen-bond acceptors (Lipinski definition) is 2. The highest BCUT2D eigenvalue weighted by Gasteiger charge is 2.46. The van der Waals surface area contributed by atoms with Gasteiger partial charge in [-0.15, -0.1) is 0 Å². The molecule has 2 aromatic rings. The van der Waals surface area contributed by atoms with Gasteiger partial charge in [-0.1, -0.05) is 60.2 Å². The maximum Gasteiger partial charge on any atom is 0.288 e. The van der Waals surface area contributed by atoms with Crippen molar-refractivity contribution in [3.05, 3.63) is 71.3 Å². The van der Waals surface area contributed by atoms with E-state index in [-0.39, 0.29) is 17.9 Å². The molecule has 5 nitrogen and oxygen atoms in total. The average Bonchev–Trinajstić information content (AvgIpc) is 2.98. The van der Waals surface area contributed by atoms with Crippen LogP contribution in [0.15, 0.2) is 54.6 Å². The summed E-state index contributed by atoms with van der Waals surface area (Å²) in [6, 6.07) is 18.3. The van der Waals surface area contributed by atoms with E-state index in [9.17, 15) is 9.59 Å². The number of carbonyl (C=O) groups excluding carboxylic acids is 2. The van der Waals surface area contributed by atoms with Gasteiger partial charge in [0, 0.05) is 5.56 Å². The molecule has 1 atom stereocenters. The van der Waals surface area contributed by atoms with Crippen molar-refractivity contribution in [2.75, 3.05) is 26.2 Å². The molecule has 0 aliphatic carbocycles. The van der Waals surface area contributed by atoms with Gasteiger partial charge in [-0.25, -0.2) is 0 Å². The summed E-state index contributed by atoms with van der Waals surface area (Å²) in [7, 11) is 0. The molecule has 0 radical (unpaired) electrons. The minimum atomic E-state index is -0.197. The first-order valence-corrected chi connectivity index (χ1v) is 10.2. The van der Waals surface area contributed by atoms with E-state index >= 15 is 0 Å². The number of hydrogen-bond donors (Lipinski definition) is 2. The van der Waals surface area contributed by atoms with Crippen LogP contribution in [0.1, 0.15) is 23.1 Å². The third-order valence-electron chi connectivity index (χ3n) is 6.06. The molecule has 0 saturated carbocycles. The van der Waals surface area contributed by atoms with Crippen molar-refractivity contribution in [1.29, 1.82) is 0 Å². The lowest BCUT2D eigenvalue weighted by molar-refractivity contribution is -1.02. The van der Waals surface area contributed by atoms with E-state index in [0.29, 0.717) is 13.0 Å². The van der Waals surface area contributed by atoms with E-state index in [0.717, 1.165) is 38.3 Å². The number of amides is 2. The van der Waals surface area contributed by atoms with Crippen molar-refractivity contribution < 1.29 is 19.4 Å². The van der Waals surface area contributed by atoms with Gasteiger partial charge < -0.3 is 9.80 Å². The summed E-state index contributed by atoms with van der Waals surface area (Å²) in [4.78, 5) is 29.7. The first kappa shape index (κ1) is 18.8. The fraction of sp³-hybridized carbons (Fsp3) is 0.391. The Hall–Kier alpha value is -2.50. The molecule has 0 spiro atoms. The van der Waals surface area contributed by atoms with Crippen LogP contribution in [0.25, 0.3) is 0 Å². The largest absolute Gasteiger partial charge is 0.322 e. The molecule has 2 aliphatic rings. The van der Waals surface area contributed by atoms with Gasteiger partial charge in [0.15, 0.2) is 6.04 Å². The Balaban J connectivity index is 1.33. The minimum absolute atomic E-state index is 0.00554. The van der Waals surface area contributed by atoms with Crippen LogP contribution < -0.4 is 9.80 Å². The highest BCUT2D eigenvalue weighted by atomic mass is 16.2. The molecular weight excluding hydrogens is 350 g/mol. The van der Waals surface area contributed by atoms with E-state index in [4.69, 9.17) is 0 Å². The lowest BCUT2D eigenvalue weighted by Gasteiger charge is -2.32. The summed E-state index contributed by atoms with van der Waals surface area (Å²) in [5, 5.41) is 0. The van der Waals surface area contributed by atoms with Gasteiger partial charge in [0.05, 0.1) is 13.0 Å². The van der Waals surface area contributed by atoms with Crippen LogP contribution in [-0.4, -0.2) is 48.9 Å². The molecule has 2 aromatic carbocycles. The Morgan fingerprint density at radius 1 is 0.929 bits per heavy atom. The molecular formula is C23H29N3O2+2. The Kier molecular flexibility index (Phi) is 5.55. The molecule has 2 aliphatic heterocycles. The second-order valence-corrected chi connectivity index (χ2v) is 8.13. The maximum absolute atomic E-state index is 12.9. The van der Waals surface area contributed by atoms with E-state index in [1.54, 1.807) is 4.90 Å². The second-order valence-electron chi connectivity index (χ2n) is 8.13. The Bertz CT molecular complexity index is 844. The van der Waals surface area contributed by atoms with Crippen molar-refractivity contribution >= 4 is 11.8 Å². The van der Waals surface area contributed by atoms with Crippen LogP contribution in [0.3, 0.4) is 0 Å². The predicted molar refractivity (Wildman–Crippen MR) is 107 cm³/mol. The van der Waals surface area contributed by atoms with Gasteiger partial charge >= 0.3 is 0 Å². The Morgan fingerprint density at radius 2 is 1.64 bits per heavy atom. The molecule has 146 valence electrons. The zero-order valence-electron chi connectivity index (χ0n) is 16.5. The Labute approximate surface area is 166 Å². The third-order valence-corrected chi connectivity index (χ3v) is 6.06. The van der Waals surface area contributed by atoms with Crippen LogP contribution in [0, 0.1) is 6.92 Å². The van der Waals surface area contributed by atoms with Crippen molar-refractivity contribution in [2.45, 2.75) is 32.5 Å². The van der Waals surface area contributed by atoms with Gasteiger partial charge in [0.2, 0.25) is 5.91 Å². The van der Waals surface area contributed by atoms with E-state index in [1.165, 1.54) is 20.9 Å². The number of quaternary nitrogens is 2. The summed E-state index contributed by atoms with van der Waals surface area (Å²) in [6.07, 6.45) is 0.355. The Morgan fingerprint density at radius 3 is 2.36 bits per heavy atom. The van der Waals surface area contributed by atoms with E-state index in [2.05, 4.69) is 31.2 Å². The molecule has 4 rings (SSSR count). The summed E-state index contributed by atoms with van der Waals surface area (Å²) in [5.74, 6) is -0.0214. The molecule has 0 bridgehead atoms. The fourth-order valence-electron chi connectivity index (χ4n) is 4.49. The molecule has 2 saturated heterocycles. The average molecular weight is 380 g/mol. The maximum atomic E-state index is 12.9. The van der Waals surface area contributed by atoms with E-state index < -0.39 is 0 Å². The number of carbonyl (C=O) groups is 2. The van der Waals surface area contributed by atoms with Crippen LogP contribution >= 0.6 is 0 Å². The summed E-state index contributed by atoms with van der Waals surface area (Å²) < 4.78 is 0. The molecule has 0 aromatic heterocycles. The zero-order chi connectivity index (χ0) is 19.5. The van der Waals surface area contributed by atoms with Gasteiger partial charge in [0.1, 0.15) is 32.7 Å². The number of piperazine rings is 1. The quantitative estimate of drug-likeness (QED) is 0.695. The van der Waals surface area contributed by atoms with Gasteiger partial charge in [-0.05, 0) is 12.5 Å². The monoisotopic (exact) mass is 379 g/mol. The smallest absolute Gasteiger partial charge is 0.288 e. The molecule has 5 heteroatoms. The molecule has 2 amide bonds. The zero-order valence-corrected chi connectivity index (χ0v) is 16.5. The number of imide groups is 1. The lowest BCUT2D eigenvalue weighted by atomic mass is 10.1. The van der Waals surface area contributed by atoms with Crippen LogP contribution in [0.5, 0.6) is 0 Å². The number of nitrogens with one attached hydrogen (secondary N) is 2. The van der Waals surface area contributed by atoms with Gasteiger partial charge in [-0.2, -0.15) is 0 Å². The van der Waals surface area contributed by atoms with Crippen molar-refractivity contribution in [3.8, 4) is 0 Å². The number of rotatable bonds is 5. The normalized spacial score (nSPS) is 25.3. The molecule has 2 N–H and O–H groups in total. The summed E-state index contributed by atoms with van der Waals surface area (Å²) in [5.41, 5.74) is 3.68. The first-order chi connectivity index (χ1) is 13.6. The topological polar surface area (TPSA) is 46.3 Å². The third kappa shape index (κ3) is 4.16. The highest BCUT2D eigenvalue weighted by molar-refractivity contribution is 6.04. The molecule has 28 heavy (non-hydrogen) atoms. The van der Waals surface area contributed by atoms with Gasteiger partial charge in [-0.3, -0.25) is 14.5 Å². The van der Waals surface area contributed by atoms with Crippen LogP contribution in [-0.2, 0) is 22.7 Å². The SMILES string of the molecule is Cc1cccc(C[NH+]2CC[NH+]([C@@H]3CC(=O)N(Cc4ccccc4)C3=O)CC2)c1. The van der Waals surface area contributed by atoms with Crippen LogP contribution in [0.2, 0.25) is 0 Å². The number of aryl methyl sites for hydroxylation is 1. The number of nitrogens with zero attached hydrogens (tertiary/aromatic N) is 1. The first-order valence-electron chi connectivity index (χ1n) is 10.2. The summed E-state index contributed by atoms with van der Waals surface area (Å²) >= 11 is 0. The predicted octanol–water partition coefficient (Wildman–Crippen LogP) is -0.394. The van der Waals surface area contributed by atoms with Crippen molar-refractivity contribution in [2.24, 2.45) is 0 Å². The molecule has 2 heterocycles.